The molecule has 1 nitrogen and oxygen atoms in total. The van der Waals surface area contributed by atoms with Gasteiger partial charge in [-0.2, -0.15) is 4.57 Å². The summed E-state index contributed by atoms with van der Waals surface area (Å²) in [4.78, 5) is 0. The molecule has 0 saturated carbocycles. The summed E-state index contributed by atoms with van der Waals surface area (Å²) >= 11 is 5.90. The summed E-state index contributed by atoms with van der Waals surface area (Å²) in [5.41, 5.74) is 1.18. The standard InChI is InChI=1S/C14H15ClN/c1-14(2,16-10-4-3-5-11-16)12-6-8-13(15)9-7-12/h3-11H,1-2H3/q+1. The Hall–Kier alpha value is -1.34. The van der Waals surface area contributed by atoms with Crippen LogP contribution in [0.25, 0.3) is 0 Å². The summed E-state index contributed by atoms with van der Waals surface area (Å²) in [6.07, 6.45) is 4.16. The van der Waals surface area contributed by atoms with Gasteiger partial charge >= 0.3 is 0 Å². The largest absolute Gasteiger partial charge is 0.196 e. The molecule has 0 aliphatic carbocycles. The number of halogens is 1. The van der Waals surface area contributed by atoms with Gasteiger partial charge in [0.15, 0.2) is 17.9 Å². The second-order valence-corrected chi connectivity index (χ2v) is 4.79. The van der Waals surface area contributed by atoms with Gasteiger partial charge < -0.3 is 0 Å². The molecule has 0 fully saturated rings. The molecule has 0 bridgehead atoms. The van der Waals surface area contributed by atoms with Crippen LogP contribution in [0, 0.1) is 0 Å². The van der Waals surface area contributed by atoms with E-state index in [0.717, 1.165) is 5.02 Å². The summed E-state index contributed by atoms with van der Waals surface area (Å²) in [6, 6.07) is 14.1. The van der Waals surface area contributed by atoms with Gasteiger partial charge in [-0.1, -0.05) is 29.8 Å². The molecule has 0 unspecified atom stereocenters. The third-order valence-electron chi connectivity index (χ3n) is 2.91. The summed E-state index contributed by atoms with van der Waals surface area (Å²) in [5, 5.41) is 0.776. The molecule has 2 aromatic rings. The Balaban J connectivity index is 2.43. The number of hydrogen-bond donors (Lipinski definition) is 0. The molecule has 0 atom stereocenters. The third-order valence-corrected chi connectivity index (χ3v) is 3.16. The zero-order valence-corrected chi connectivity index (χ0v) is 10.3. The highest BCUT2D eigenvalue weighted by atomic mass is 35.5. The molecule has 2 heteroatoms. The van der Waals surface area contributed by atoms with Crippen molar-refractivity contribution < 1.29 is 4.57 Å². The van der Waals surface area contributed by atoms with E-state index in [2.05, 4.69) is 42.9 Å². The quantitative estimate of drug-likeness (QED) is 0.699. The number of nitrogens with zero attached hydrogens (tertiary/aromatic N) is 1. The molecular weight excluding hydrogens is 218 g/mol. The maximum absolute atomic E-state index is 5.90. The zero-order chi connectivity index (χ0) is 11.6. The molecule has 1 aromatic heterocycles. The normalized spacial score (nSPS) is 11.4. The molecule has 0 spiro atoms. The fraction of sp³-hybridized carbons (Fsp3) is 0.214. The molecule has 1 aromatic carbocycles. The van der Waals surface area contributed by atoms with Gasteiger partial charge in [0.05, 0.1) is 0 Å². The van der Waals surface area contributed by atoms with Gasteiger partial charge in [-0.3, -0.25) is 0 Å². The Morgan fingerprint density at radius 1 is 0.938 bits per heavy atom. The first kappa shape index (κ1) is 11.2. The fourth-order valence-corrected chi connectivity index (χ4v) is 1.90. The lowest BCUT2D eigenvalue weighted by Gasteiger charge is -2.19. The topological polar surface area (TPSA) is 3.88 Å². The lowest BCUT2D eigenvalue weighted by molar-refractivity contribution is -0.747. The maximum atomic E-state index is 5.90. The van der Waals surface area contributed by atoms with Crippen molar-refractivity contribution in [1.82, 2.24) is 0 Å². The zero-order valence-electron chi connectivity index (χ0n) is 9.52. The second kappa shape index (κ2) is 4.26. The molecule has 0 N–H and O–H groups in total. The average Bonchev–Trinajstić information content (AvgIpc) is 2.31. The highest BCUT2D eigenvalue weighted by Gasteiger charge is 2.29. The number of pyridine rings is 1. The molecule has 82 valence electrons. The van der Waals surface area contributed by atoms with Gasteiger partial charge in [0.25, 0.3) is 0 Å². The van der Waals surface area contributed by atoms with Crippen molar-refractivity contribution in [3.8, 4) is 0 Å². The van der Waals surface area contributed by atoms with Crippen molar-refractivity contribution in [1.29, 1.82) is 0 Å². The molecule has 0 aliphatic heterocycles. The minimum atomic E-state index is -0.0636. The minimum absolute atomic E-state index is 0.0636. The van der Waals surface area contributed by atoms with Gasteiger partial charge in [-0.05, 0) is 12.1 Å². The number of benzene rings is 1. The lowest BCUT2D eigenvalue weighted by atomic mass is 9.94. The van der Waals surface area contributed by atoms with Crippen LogP contribution in [0.4, 0.5) is 0 Å². The smallest absolute Gasteiger partial charge is 0.187 e. The fourth-order valence-electron chi connectivity index (χ4n) is 1.78. The molecule has 0 aliphatic rings. The third kappa shape index (κ3) is 2.10. The van der Waals surface area contributed by atoms with Crippen molar-refractivity contribution in [2.75, 3.05) is 0 Å². The predicted molar refractivity (Wildman–Crippen MR) is 66.5 cm³/mol. The van der Waals surface area contributed by atoms with Crippen LogP contribution in [0.2, 0.25) is 5.02 Å². The number of rotatable bonds is 2. The Labute approximate surface area is 101 Å². The lowest BCUT2D eigenvalue weighted by Crippen LogP contribution is -2.52. The Kier molecular flexibility index (Phi) is 2.97. The Bertz CT molecular complexity index is 460. The summed E-state index contributed by atoms with van der Waals surface area (Å²) < 4.78 is 2.19. The first-order valence-corrected chi connectivity index (χ1v) is 5.71. The maximum Gasteiger partial charge on any atom is 0.187 e. The summed E-state index contributed by atoms with van der Waals surface area (Å²) in [6.45, 7) is 4.38. The number of hydrogen-bond acceptors (Lipinski definition) is 0. The Morgan fingerprint density at radius 2 is 1.50 bits per heavy atom. The minimum Gasteiger partial charge on any atom is -0.196 e. The Morgan fingerprint density at radius 3 is 2.06 bits per heavy atom. The van der Waals surface area contributed by atoms with Crippen LogP contribution in [0.1, 0.15) is 19.4 Å². The van der Waals surface area contributed by atoms with Gasteiger partial charge in [-0.15, -0.1) is 0 Å². The van der Waals surface area contributed by atoms with Crippen molar-refractivity contribution in [2.24, 2.45) is 0 Å². The molecule has 1 heterocycles. The van der Waals surface area contributed by atoms with Crippen LogP contribution in [-0.4, -0.2) is 0 Å². The van der Waals surface area contributed by atoms with Gasteiger partial charge in [0.1, 0.15) is 0 Å². The second-order valence-electron chi connectivity index (χ2n) is 4.35. The van der Waals surface area contributed by atoms with Crippen LogP contribution in [0.3, 0.4) is 0 Å². The molecule has 16 heavy (non-hydrogen) atoms. The highest BCUT2D eigenvalue weighted by molar-refractivity contribution is 6.30. The number of aromatic nitrogens is 1. The van der Waals surface area contributed by atoms with Gasteiger partial charge in [-0.25, -0.2) is 0 Å². The van der Waals surface area contributed by atoms with E-state index in [1.807, 2.05) is 30.3 Å². The van der Waals surface area contributed by atoms with Crippen LogP contribution in [-0.2, 0) is 5.54 Å². The van der Waals surface area contributed by atoms with E-state index >= 15 is 0 Å². The van der Waals surface area contributed by atoms with Gasteiger partial charge in [0, 0.05) is 36.6 Å². The van der Waals surface area contributed by atoms with Crippen LogP contribution < -0.4 is 4.57 Å². The van der Waals surface area contributed by atoms with Crippen LogP contribution >= 0.6 is 11.6 Å². The van der Waals surface area contributed by atoms with Crippen molar-refractivity contribution >= 4 is 11.6 Å². The van der Waals surface area contributed by atoms with Crippen LogP contribution in [0.15, 0.2) is 54.9 Å². The molecule has 0 saturated heterocycles. The van der Waals surface area contributed by atoms with E-state index in [4.69, 9.17) is 11.6 Å². The predicted octanol–water partition coefficient (Wildman–Crippen LogP) is 3.41. The van der Waals surface area contributed by atoms with Gasteiger partial charge in [0.2, 0.25) is 0 Å². The van der Waals surface area contributed by atoms with Crippen molar-refractivity contribution in [3.63, 3.8) is 0 Å². The monoisotopic (exact) mass is 232 g/mol. The highest BCUT2D eigenvalue weighted by Crippen LogP contribution is 2.21. The summed E-state index contributed by atoms with van der Waals surface area (Å²) in [5.74, 6) is 0. The first-order chi connectivity index (χ1) is 7.60. The summed E-state index contributed by atoms with van der Waals surface area (Å²) in [7, 11) is 0. The molecular formula is C14H15ClN+. The van der Waals surface area contributed by atoms with E-state index < -0.39 is 0 Å². The van der Waals surface area contributed by atoms with E-state index in [1.54, 1.807) is 0 Å². The first-order valence-electron chi connectivity index (χ1n) is 5.33. The average molecular weight is 233 g/mol. The van der Waals surface area contributed by atoms with Crippen LogP contribution in [0.5, 0.6) is 0 Å². The molecule has 0 radical (unpaired) electrons. The molecule has 0 amide bonds. The molecule has 2 rings (SSSR count). The van der Waals surface area contributed by atoms with E-state index in [-0.39, 0.29) is 5.54 Å². The SMILES string of the molecule is CC(C)(c1ccc(Cl)cc1)[n+]1ccccc1. The van der Waals surface area contributed by atoms with E-state index in [9.17, 15) is 0 Å². The van der Waals surface area contributed by atoms with Crippen molar-refractivity contribution in [3.05, 3.63) is 65.4 Å². The van der Waals surface area contributed by atoms with E-state index in [1.165, 1.54) is 5.56 Å². The van der Waals surface area contributed by atoms with E-state index in [0.29, 0.717) is 0 Å². The van der Waals surface area contributed by atoms with Crippen molar-refractivity contribution in [2.45, 2.75) is 19.4 Å².